The third-order valence-electron chi connectivity index (χ3n) is 4.27. The first kappa shape index (κ1) is 16.8. The largest absolute Gasteiger partial charge is 0.496 e. The van der Waals surface area contributed by atoms with Crippen LogP contribution in [0.2, 0.25) is 0 Å². The number of benzene rings is 2. The molecule has 0 spiro atoms. The molecular weight excluding hydrogens is 316 g/mol. The number of ether oxygens (including phenoxy) is 1. The molecule has 0 fully saturated rings. The van der Waals surface area contributed by atoms with Crippen LogP contribution in [0.5, 0.6) is 5.75 Å². The summed E-state index contributed by atoms with van der Waals surface area (Å²) >= 11 is 0. The molecule has 0 aliphatic carbocycles. The van der Waals surface area contributed by atoms with E-state index in [1.807, 2.05) is 50.2 Å². The van der Waals surface area contributed by atoms with E-state index in [2.05, 4.69) is 10.6 Å². The van der Waals surface area contributed by atoms with Crippen LogP contribution in [0.25, 0.3) is 5.57 Å². The molecule has 25 heavy (non-hydrogen) atoms. The highest BCUT2D eigenvalue weighted by Crippen LogP contribution is 2.30. The molecule has 1 aliphatic rings. The van der Waals surface area contributed by atoms with Gasteiger partial charge in [-0.25, -0.2) is 0 Å². The van der Waals surface area contributed by atoms with Gasteiger partial charge in [-0.15, -0.1) is 0 Å². The first-order valence-electron chi connectivity index (χ1n) is 8.04. The molecule has 0 atom stereocenters. The molecule has 5 nitrogen and oxygen atoms in total. The zero-order valence-corrected chi connectivity index (χ0v) is 14.5. The maximum absolute atomic E-state index is 12.4. The van der Waals surface area contributed by atoms with Gasteiger partial charge in [0.2, 0.25) is 5.91 Å². The Labute approximate surface area is 146 Å². The fourth-order valence-corrected chi connectivity index (χ4v) is 2.91. The van der Waals surface area contributed by atoms with Crippen LogP contribution < -0.4 is 15.4 Å². The molecule has 5 heteroatoms. The number of carbonyl (C=O) groups excluding carboxylic acids is 2. The number of hydrogen-bond donors (Lipinski definition) is 2. The zero-order valence-electron chi connectivity index (χ0n) is 14.5. The summed E-state index contributed by atoms with van der Waals surface area (Å²) in [4.78, 5) is 24.7. The maximum Gasteiger partial charge on any atom is 0.252 e. The standard InChI is InChI=1S/C20H20N2O3/c1-12-6-4-5-7-17(12)22-19(23)10-16-15-9-18(25-3)13(2)8-14(15)11-21-20(16)24/h4-10H,11H2,1-3H3,(H,21,24)(H,22,23)/b16-10-. The Kier molecular flexibility index (Phi) is 4.57. The summed E-state index contributed by atoms with van der Waals surface area (Å²) < 4.78 is 5.35. The van der Waals surface area contributed by atoms with Gasteiger partial charge in [-0.2, -0.15) is 0 Å². The number of amides is 2. The molecule has 0 unspecified atom stereocenters. The minimum atomic E-state index is -0.341. The van der Waals surface area contributed by atoms with Gasteiger partial charge in [0.15, 0.2) is 0 Å². The Hall–Kier alpha value is -3.08. The van der Waals surface area contributed by atoms with E-state index in [1.54, 1.807) is 7.11 Å². The summed E-state index contributed by atoms with van der Waals surface area (Å²) in [6.07, 6.45) is 1.34. The van der Waals surface area contributed by atoms with Gasteiger partial charge in [0.1, 0.15) is 5.75 Å². The van der Waals surface area contributed by atoms with E-state index >= 15 is 0 Å². The summed E-state index contributed by atoms with van der Waals surface area (Å²) in [5.41, 5.74) is 4.70. The van der Waals surface area contributed by atoms with E-state index in [-0.39, 0.29) is 11.8 Å². The Bertz CT molecular complexity index is 885. The molecule has 2 amide bonds. The highest BCUT2D eigenvalue weighted by molar-refractivity contribution is 6.26. The molecule has 0 aromatic heterocycles. The molecule has 1 aliphatic heterocycles. The fourth-order valence-electron chi connectivity index (χ4n) is 2.91. The topological polar surface area (TPSA) is 67.4 Å². The van der Waals surface area contributed by atoms with E-state index in [4.69, 9.17) is 4.74 Å². The number of aryl methyl sites for hydroxylation is 2. The predicted octanol–water partition coefficient (Wildman–Crippen LogP) is 2.96. The number of anilines is 1. The molecule has 1 heterocycles. The van der Waals surface area contributed by atoms with Crippen LogP contribution in [-0.2, 0) is 16.1 Å². The molecule has 0 radical (unpaired) electrons. The van der Waals surface area contributed by atoms with Crippen LogP contribution in [0.4, 0.5) is 5.69 Å². The molecule has 0 saturated heterocycles. The Morgan fingerprint density at radius 2 is 1.96 bits per heavy atom. The minimum Gasteiger partial charge on any atom is -0.496 e. The number of methoxy groups -OCH3 is 1. The third kappa shape index (κ3) is 3.40. The van der Waals surface area contributed by atoms with Crippen molar-refractivity contribution in [2.75, 3.05) is 12.4 Å². The van der Waals surface area contributed by atoms with Crippen molar-refractivity contribution in [2.45, 2.75) is 20.4 Å². The van der Waals surface area contributed by atoms with Crippen molar-refractivity contribution >= 4 is 23.1 Å². The van der Waals surface area contributed by atoms with Crippen LogP contribution in [0.1, 0.15) is 22.3 Å². The first-order chi connectivity index (χ1) is 12.0. The zero-order chi connectivity index (χ0) is 18.0. The van der Waals surface area contributed by atoms with Crippen molar-refractivity contribution in [3.63, 3.8) is 0 Å². The average molecular weight is 336 g/mol. The Morgan fingerprint density at radius 1 is 1.20 bits per heavy atom. The highest BCUT2D eigenvalue weighted by Gasteiger charge is 2.23. The number of para-hydroxylation sites is 1. The lowest BCUT2D eigenvalue weighted by Crippen LogP contribution is -2.30. The van der Waals surface area contributed by atoms with Crippen LogP contribution in [0, 0.1) is 13.8 Å². The van der Waals surface area contributed by atoms with E-state index in [9.17, 15) is 9.59 Å². The predicted molar refractivity (Wildman–Crippen MR) is 97.4 cm³/mol. The van der Waals surface area contributed by atoms with Crippen molar-refractivity contribution in [1.82, 2.24) is 5.32 Å². The number of hydrogen-bond acceptors (Lipinski definition) is 3. The minimum absolute atomic E-state index is 0.265. The summed E-state index contributed by atoms with van der Waals surface area (Å²) in [6, 6.07) is 11.3. The molecule has 0 saturated carbocycles. The van der Waals surface area contributed by atoms with Crippen molar-refractivity contribution in [1.29, 1.82) is 0 Å². The summed E-state index contributed by atoms with van der Waals surface area (Å²) in [5, 5.41) is 5.63. The van der Waals surface area contributed by atoms with Crippen LogP contribution in [-0.4, -0.2) is 18.9 Å². The van der Waals surface area contributed by atoms with Gasteiger partial charge in [-0.05, 0) is 48.2 Å². The molecule has 3 rings (SSSR count). The number of fused-ring (bicyclic) bond motifs is 1. The van der Waals surface area contributed by atoms with Gasteiger partial charge >= 0.3 is 0 Å². The molecule has 0 bridgehead atoms. The summed E-state index contributed by atoms with van der Waals surface area (Å²) in [7, 11) is 1.59. The van der Waals surface area contributed by atoms with Gasteiger partial charge in [-0.1, -0.05) is 24.3 Å². The second kappa shape index (κ2) is 6.81. The van der Waals surface area contributed by atoms with Gasteiger partial charge in [0.25, 0.3) is 5.91 Å². The number of nitrogens with one attached hydrogen (secondary N) is 2. The number of carbonyl (C=O) groups is 2. The van der Waals surface area contributed by atoms with Crippen molar-refractivity contribution in [3.8, 4) is 5.75 Å². The highest BCUT2D eigenvalue weighted by atomic mass is 16.5. The molecule has 128 valence electrons. The van der Waals surface area contributed by atoms with Crippen molar-refractivity contribution in [2.24, 2.45) is 0 Å². The van der Waals surface area contributed by atoms with E-state index < -0.39 is 0 Å². The molecule has 2 aromatic carbocycles. The normalized spacial score (nSPS) is 14.7. The van der Waals surface area contributed by atoms with Gasteiger partial charge in [-0.3, -0.25) is 9.59 Å². The first-order valence-corrected chi connectivity index (χ1v) is 8.04. The van der Waals surface area contributed by atoms with E-state index in [0.717, 1.165) is 27.9 Å². The van der Waals surface area contributed by atoms with Gasteiger partial charge in [0, 0.05) is 18.3 Å². The maximum atomic E-state index is 12.4. The lowest BCUT2D eigenvalue weighted by Gasteiger charge is -2.21. The third-order valence-corrected chi connectivity index (χ3v) is 4.27. The van der Waals surface area contributed by atoms with Gasteiger partial charge < -0.3 is 15.4 Å². The Balaban J connectivity index is 1.96. The summed E-state index contributed by atoms with van der Waals surface area (Å²) in [5.74, 6) is 0.0869. The lowest BCUT2D eigenvalue weighted by atomic mass is 9.93. The van der Waals surface area contributed by atoms with Crippen LogP contribution >= 0.6 is 0 Å². The van der Waals surface area contributed by atoms with E-state index in [1.165, 1.54) is 6.08 Å². The smallest absolute Gasteiger partial charge is 0.252 e. The molecular formula is C20H20N2O3. The SMILES string of the molecule is COc1cc2c(cc1C)CNC(=O)/C2=C\C(=O)Nc1ccccc1C. The number of rotatable bonds is 3. The van der Waals surface area contributed by atoms with Crippen molar-refractivity contribution < 1.29 is 14.3 Å². The fraction of sp³-hybridized carbons (Fsp3) is 0.200. The lowest BCUT2D eigenvalue weighted by molar-refractivity contribution is -0.116. The molecule has 2 aromatic rings. The van der Waals surface area contributed by atoms with Crippen LogP contribution in [0.3, 0.4) is 0 Å². The Morgan fingerprint density at radius 3 is 2.68 bits per heavy atom. The second-order valence-electron chi connectivity index (χ2n) is 6.02. The van der Waals surface area contributed by atoms with E-state index in [0.29, 0.717) is 17.9 Å². The monoisotopic (exact) mass is 336 g/mol. The van der Waals surface area contributed by atoms with Crippen LogP contribution in [0.15, 0.2) is 42.5 Å². The summed E-state index contributed by atoms with van der Waals surface area (Å²) in [6.45, 7) is 4.30. The molecule has 2 N–H and O–H groups in total. The van der Waals surface area contributed by atoms with Crippen molar-refractivity contribution in [3.05, 3.63) is 64.7 Å². The quantitative estimate of drug-likeness (QED) is 0.847. The van der Waals surface area contributed by atoms with Gasteiger partial charge in [0.05, 0.1) is 12.7 Å². The second-order valence-corrected chi connectivity index (χ2v) is 6.02. The average Bonchev–Trinajstić information content (AvgIpc) is 2.59.